The Morgan fingerprint density at radius 3 is 3.00 bits per heavy atom. The van der Waals surface area contributed by atoms with Gasteiger partial charge in [0, 0.05) is 17.8 Å². The summed E-state index contributed by atoms with van der Waals surface area (Å²) in [5.74, 6) is 0. The molecule has 0 radical (unpaired) electrons. The van der Waals surface area contributed by atoms with E-state index in [9.17, 15) is 4.79 Å². The maximum atomic E-state index is 12.1. The zero-order valence-corrected chi connectivity index (χ0v) is 10.4. The van der Waals surface area contributed by atoms with Crippen LogP contribution >= 0.6 is 0 Å². The van der Waals surface area contributed by atoms with Crippen LogP contribution in [0.25, 0.3) is 28.0 Å². The Hall–Kier alpha value is -2.95. The molecular weight excluding hydrogens is 254 g/mol. The third kappa shape index (κ3) is 1.60. The SMILES string of the molecule is O=c1cc(-c2ccc3ncoc3c2)nc2ccccn12. The quantitative estimate of drug-likeness (QED) is 0.529. The van der Waals surface area contributed by atoms with Crippen molar-refractivity contribution < 1.29 is 4.42 Å². The van der Waals surface area contributed by atoms with Gasteiger partial charge in [0.1, 0.15) is 11.2 Å². The van der Waals surface area contributed by atoms with Crippen LogP contribution in [0, 0.1) is 0 Å². The third-order valence-electron chi connectivity index (χ3n) is 3.20. The van der Waals surface area contributed by atoms with Gasteiger partial charge in [-0.2, -0.15) is 0 Å². The number of fused-ring (bicyclic) bond motifs is 2. The van der Waals surface area contributed by atoms with Gasteiger partial charge in [-0.15, -0.1) is 0 Å². The van der Waals surface area contributed by atoms with E-state index < -0.39 is 0 Å². The Labute approximate surface area is 113 Å². The topological polar surface area (TPSA) is 60.4 Å². The molecule has 3 aromatic heterocycles. The van der Waals surface area contributed by atoms with Crippen LogP contribution in [0.2, 0.25) is 0 Å². The Kier molecular flexibility index (Phi) is 2.20. The van der Waals surface area contributed by atoms with Crippen molar-refractivity contribution in [1.29, 1.82) is 0 Å². The maximum Gasteiger partial charge on any atom is 0.258 e. The molecule has 0 amide bonds. The second-order valence-corrected chi connectivity index (χ2v) is 4.44. The van der Waals surface area contributed by atoms with Crippen LogP contribution in [-0.2, 0) is 0 Å². The summed E-state index contributed by atoms with van der Waals surface area (Å²) in [7, 11) is 0. The molecule has 0 aliphatic carbocycles. The van der Waals surface area contributed by atoms with Crippen molar-refractivity contribution in [3.63, 3.8) is 0 Å². The smallest absolute Gasteiger partial charge is 0.258 e. The van der Waals surface area contributed by atoms with Crippen LogP contribution in [0.3, 0.4) is 0 Å². The Morgan fingerprint density at radius 1 is 1.10 bits per heavy atom. The molecule has 4 rings (SSSR count). The number of benzene rings is 1. The summed E-state index contributed by atoms with van der Waals surface area (Å²) < 4.78 is 6.79. The van der Waals surface area contributed by atoms with Gasteiger partial charge in [-0.25, -0.2) is 9.97 Å². The molecule has 1 aromatic carbocycles. The number of pyridine rings is 1. The molecule has 0 bridgehead atoms. The molecule has 0 spiro atoms. The van der Waals surface area contributed by atoms with E-state index in [-0.39, 0.29) is 5.56 Å². The van der Waals surface area contributed by atoms with E-state index in [0.717, 1.165) is 11.1 Å². The minimum atomic E-state index is -0.108. The minimum Gasteiger partial charge on any atom is -0.443 e. The van der Waals surface area contributed by atoms with Crippen LogP contribution < -0.4 is 5.56 Å². The summed E-state index contributed by atoms with van der Waals surface area (Å²) in [5.41, 5.74) is 3.43. The third-order valence-corrected chi connectivity index (χ3v) is 3.20. The first-order valence-corrected chi connectivity index (χ1v) is 6.13. The summed E-state index contributed by atoms with van der Waals surface area (Å²) in [6.07, 6.45) is 3.10. The lowest BCUT2D eigenvalue weighted by Crippen LogP contribution is -2.13. The lowest BCUT2D eigenvalue weighted by Gasteiger charge is -2.03. The number of oxazole rings is 1. The molecule has 96 valence electrons. The molecule has 0 aliphatic rings. The predicted octanol–water partition coefficient (Wildman–Crippen LogP) is 2.50. The van der Waals surface area contributed by atoms with Gasteiger partial charge in [0.25, 0.3) is 5.56 Å². The van der Waals surface area contributed by atoms with E-state index in [1.807, 2.05) is 24.3 Å². The molecule has 0 aliphatic heterocycles. The molecule has 0 atom stereocenters. The normalized spacial score (nSPS) is 11.2. The van der Waals surface area contributed by atoms with Gasteiger partial charge in [0.2, 0.25) is 0 Å². The lowest BCUT2D eigenvalue weighted by molar-refractivity contribution is 0.602. The van der Waals surface area contributed by atoms with E-state index >= 15 is 0 Å². The summed E-state index contributed by atoms with van der Waals surface area (Å²) in [6, 6.07) is 12.5. The standard InChI is InChI=1S/C15H9N3O2/c19-15-8-12(17-14-3-1-2-6-18(14)15)10-4-5-11-13(7-10)20-9-16-11/h1-9H. The fourth-order valence-corrected chi connectivity index (χ4v) is 2.22. The van der Waals surface area contributed by atoms with Gasteiger partial charge >= 0.3 is 0 Å². The van der Waals surface area contributed by atoms with E-state index in [2.05, 4.69) is 9.97 Å². The Bertz CT molecular complexity index is 985. The molecule has 0 saturated heterocycles. The molecule has 5 nitrogen and oxygen atoms in total. The number of hydrogen-bond donors (Lipinski definition) is 0. The van der Waals surface area contributed by atoms with E-state index in [0.29, 0.717) is 16.9 Å². The first-order chi connectivity index (χ1) is 9.81. The highest BCUT2D eigenvalue weighted by Gasteiger charge is 2.06. The van der Waals surface area contributed by atoms with Crippen molar-refractivity contribution in [3.05, 3.63) is 65.4 Å². The highest BCUT2D eigenvalue weighted by Crippen LogP contribution is 2.21. The minimum absolute atomic E-state index is 0.108. The van der Waals surface area contributed by atoms with Crippen LogP contribution in [0.15, 0.2) is 64.3 Å². The predicted molar refractivity (Wildman–Crippen MR) is 74.5 cm³/mol. The van der Waals surface area contributed by atoms with Crippen LogP contribution in [0.5, 0.6) is 0 Å². The molecule has 0 N–H and O–H groups in total. The average Bonchev–Trinajstić information content (AvgIpc) is 2.94. The number of hydrogen-bond acceptors (Lipinski definition) is 4. The van der Waals surface area contributed by atoms with Crippen molar-refractivity contribution >= 4 is 16.7 Å². The van der Waals surface area contributed by atoms with Crippen LogP contribution in [0.4, 0.5) is 0 Å². The Balaban J connectivity index is 1.99. The fourth-order valence-electron chi connectivity index (χ4n) is 2.22. The maximum absolute atomic E-state index is 12.1. The number of aromatic nitrogens is 3. The molecule has 0 saturated carbocycles. The van der Waals surface area contributed by atoms with Crippen molar-refractivity contribution in [2.45, 2.75) is 0 Å². The van der Waals surface area contributed by atoms with Crippen molar-refractivity contribution in [2.24, 2.45) is 0 Å². The molecule has 3 heterocycles. The second kappa shape index (κ2) is 4.03. The Morgan fingerprint density at radius 2 is 2.05 bits per heavy atom. The summed E-state index contributed by atoms with van der Waals surface area (Å²) in [5, 5.41) is 0. The van der Waals surface area contributed by atoms with Crippen molar-refractivity contribution in [3.8, 4) is 11.3 Å². The monoisotopic (exact) mass is 263 g/mol. The summed E-state index contributed by atoms with van der Waals surface area (Å²) in [6.45, 7) is 0. The summed E-state index contributed by atoms with van der Waals surface area (Å²) in [4.78, 5) is 20.6. The van der Waals surface area contributed by atoms with E-state index in [1.165, 1.54) is 16.9 Å². The first-order valence-electron chi connectivity index (χ1n) is 6.13. The van der Waals surface area contributed by atoms with Gasteiger partial charge in [-0.05, 0) is 24.3 Å². The highest BCUT2D eigenvalue weighted by molar-refractivity contribution is 5.79. The average molecular weight is 263 g/mol. The molecular formula is C15H9N3O2. The van der Waals surface area contributed by atoms with E-state index in [4.69, 9.17) is 4.42 Å². The molecule has 4 aromatic rings. The summed E-state index contributed by atoms with van der Waals surface area (Å²) >= 11 is 0. The largest absolute Gasteiger partial charge is 0.443 e. The van der Waals surface area contributed by atoms with Crippen molar-refractivity contribution in [1.82, 2.24) is 14.4 Å². The fraction of sp³-hybridized carbons (Fsp3) is 0. The van der Waals surface area contributed by atoms with Crippen LogP contribution in [-0.4, -0.2) is 14.4 Å². The van der Waals surface area contributed by atoms with Gasteiger partial charge in [0.05, 0.1) is 5.69 Å². The van der Waals surface area contributed by atoms with Gasteiger partial charge in [-0.3, -0.25) is 9.20 Å². The van der Waals surface area contributed by atoms with Gasteiger partial charge in [0.15, 0.2) is 12.0 Å². The van der Waals surface area contributed by atoms with Crippen molar-refractivity contribution in [2.75, 3.05) is 0 Å². The molecule has 0 unspecified atom stereocenters. The van der Waals surface area contributed by atoms with Gasteiger partial charge in [-0.1, -0.05) is 12.1 Å². The van der Waals surface area contributed by atoms with E-state index in [1.54, 1.807) is 18.3 Å². The second-order valence-electron chi connectivity index (χ2n) is 4.44. The molecule has 5 heteroatoms. The van der Waals surface area contributed by atoms with Gasteiger partial charge < -0.3 is 4.42 Å². The number of nitrogens with zero attached hydrogens (tertiary/aromatic N) is 3. The van der Waals surface area contributed by atoms with Crippen LogP contribution in [0.1, 0.15) is 0 Å². The lowest BCUT2D eigenvalue weighted by atomic mass is 10.1. The zero-order valence-electron chi connectivity index (χ0n) is 10.4. The molecule has 0 fully saturated rings. The highest BCUT2D eigenvalue weighted by atomic mass is 16.3. The zero-order chi connectivity index (χ0) is 13.5. The molecule has 20 heavy (non-hydrogen) atoms. The number of rotatable bonds is 1. The first kappa shape index (κ1) is 10.9.